The van der Waals surface area contributed by atoms with Crippen molar-refractivity contribution in [2.75, 3.05) is 23.3 Å². The number of aryl methyl sites for hydroxylation is 3. The van der Waals surface area contributed by atoms with E-state index < -0.39 is 0 Å². The quantitative estimate of drug-likeness (QED) is 0.604. The molecule has 0 aliphatic carbocycles. The van der Waals surface area contributed by atoms with E-state index in [0.717, 1.165) is 58.6 Å². The number of halogens is 1. The molecule has 1 N–H and O–H groups in total. The Kier molecular flexibility index (Phi) is 5.80. The Morgan fingerprint density at radius 1 is 1.21 bits per heavy atom. The van der Waals surface area contributed by atoms with Gasteiger partial charge in [-0.2, -0.15) is 4.98 Å². The van der Waals surface area contributed by atoms with Crippen LogP contribution in [0.2, 0.25) is 0 Å². The maximum absolute atomic E-state index is 12.4. The standard InChI is InChI=1S/C21H24BrN5O2/c1-13-12-15(6-7-16(13)22)23-18(28)9-8-17-24-20(27-10-4-3-5-11-27)19-14(2)26-29-21(19)25-17/h6-7,12H,3-5,8-11H2,1-2H3,(H,23,28). The summed E-state index contributed by atoms with van der Waals surface area (Å²) >= 11 is 3.47. The molecule has 1 fully saturated rings. The van der Waals surface area contributed by atoms with Crippen molar-refractivity contribution in [1.82, 2.24) is 15.1 Å². The van der Waals surface area contributed by atoms with E-state index in [-0.39, 0.29) is 5.91 Å². The number of benzene rings is 1. The lowest BCUT2D eigenvalue weighted by Crippen LogP contribution is -2.30. The molecule has 29 heavy (non-hydrogen) atoms. The Hall–Kier alpha value is -2.48. The first-order valence-electron chi connectivity index (χ1n) is 9.95. The van der Waals surface area contributed by atoms with Gasteiger partial charge in [0.05, 0.1) is 5.69 Å². The maximum atomic E-state index is 12.4. The van der Waals surface area contributed by atoms with E-state index in [9.17, 15) is 4.79 Å². The number of nitrogens with one attached hydrogen (secondary N) is 1. The van der Waals surface area contributed by atoms with Crippen molar-refractivity contribution in [3.63, 3.8) is 0 Å². The minimum Gasteiger partial charge on any atom is -0.356 e. The minimum atomic E-state index is -0.0660. The second-order valence-corrected chi connectivity index (χ2v) is 8.33. The number of anilines is 2. The van der Waals surface area contributed by atoms with E-state index in [1.807, 2.05) is 32.0 Å². The molecule has 3 heterocycles. The van der Waals surface area contributed by atoms with Crippen molar-refractivity contribution in [2.45, 2.75) is 46.0 Å². The van der Waals surface area contributed by atoms with Gasteiger partial charge in [0.25, 0.3) is 5.71 Å². The molecule has 7 nitrogen and oxygen atoms in total. The molecule has 1 aliphatic heterocycles. The van der Waals surface area contributed by atoms with Crippen molar-refractivity contribution >= 4 is 44.4 Å². The van der Waals surface area contributed by atoms with Crippen LogP contribution in [0.4, 0.5) is 11.5 Å². The fraction of sp³-hybridized carbons (Fsp3) is 0.429. The Morgan fingerprint density at radius 3 is 2.76 bits per heavy atom. The Balaban J connectivity index is 1.50. The number of carbonyl (C=O) groups excluding carboxylic acids is 1. The molecular formula is C21H24BrN5O2. The number of nitrogens with zero attached hydrogens (tertiary/aromatic N) is 4. The van der Waals surface area contributed by atoms with Gasteiger partial charge in [-0.15, -0.1) is 0 Å². The number of fused-ring (bicyclic) bond motifs is 1. The summed E-state index contributed by atoms with van der Waals surface area (Å²) in [4.78, 5) is 24.0. The average Bonchev–Trinajstić information content (AvgIpc) is 3.10. The van der Waals surface area contributed by atoms with Crippen LogP contribution >= 0.6 is 15.9 Å². The minimum absolute atomic E-state index is 0.0660. The molecule has 1 amide bonds. The van der Waals surface area contributed by atoms with E-state index >= 15 is 0 Å². The number of hydrogen-bond acceptors (Lipinski definition) is 6. The molecule has 1 aliphatic rings. The van der Waals surface area contributed by atoms with Gasteiger partial charge in [-0.05, 0) is 56.9 Å². The maximum Gasteiger partial charge on any atom is 0.263 e. The highest BCUT2D eigenvalue weighted by molar-refractivity contribution is 9.10. The van der Waals surface area contributed by atoms with Crippen molar-refractivity contribution in [1.29, 1.82) is 0 Å². The van der Waals surface area contributed by atoms with Gasteiger partial charge in [0.1, 0.15) is 17.0 Å². The number of piperidine rings is 1. The highest BCUT2D eigenvalue weighted by Crippen LogP contribution is 2.29. The van der Waals surface area contributed by atoms with E-state index in [1.54, 1.807) is 0 Å². The Morgan fingerprint density at radius 2 is 2.00 bits per heavy atom. The number of hydrogen-bond donors (Lipinski definition) is 1. The van der Waals surface area contributed by atoms with E-state index in [1.165, 1.54) is 6.42 Å². The molecule has 1 saturated heterocycles. The molecular weight excluding hydrogens is 434 g/mol. The zero-order valence-corrected chi connectivity index (χ0v) is 18.3. The second kappa shape index (κ2) is 8.49. The highest BCUT2D eigenvalue weighted by atomic mass is 79.9. The fourth-order valence-corrected chi connectivity index (χ4v) is 3.88. The molecule has 0 bridgehead atoms. The molecule has 0 saturated carbocycles. The number of carbonyl (C=O) groups is 1. The molecule has 2 aromatic heterocycles. The monoisotopic (exact) mass is 457 g/mol. The lowest BCUT2D eigenvalue weighted by molar-refractivity contribution is -0.116. The van der Waals surface area contributed by atoms with Crippen molar-refractivity contribution in [3.8, 4) is 0 Å². The fourth-order valence-electron chi connectivity index (χ4n) is 3.63. The van der Waals surface area contributed by atoms with Crippen LogP contribution in [0.25, 0.3) is 11.1 Å². The van der Waals surface area contributed by atoms with Gasteiger partial charge in [0, 0.05) is 36.1 Å². The molecule has 0 atom stereocenters. The summed E-state index contributed by atoms with van der Waals surface area (Å²) in [5.74, 6) is 1.42. The van der Waals surface area contributed by atoms with Crippen LogP contribution in [0.5, 0.6) is 0 Å². The average molecular weight is 458 g/mol. The Labute approximate surface area is 178 Å². The first-order valence-corrected chi connectivity index (χ1v) is 10.7. The number of amides is 1. The lowest BCUT2D eigenvalue weighted by Gasteiger charge is -2.28. The first-order chi connectivity index (χ1) is 14.0. The summed E-state index contributed by atoms with van der Waals surface area (Å²) in [5.41, 5.74) is 3.16. The predicted octanol–water partition coefficient (Wildman–Crippen LogP) is 4.56. The van der Waals surface area contributed by atoms with Crippen LogP contribution in [0.3, 0.4) is 0 Å². The van der Waals surface area contributed by atoms with Gasteiger partial charge >= 0.3 is 0 Å². The summed E-state index contributed by atoms with van der Waals surface area (Å²) in [6, 6.07) is 5.75. The summed E-state index contributed by atoms with van der Waals surface area (Å²) in [7, 11) is 0. The van der Waals surface area contributed by atoms with E-state index in [0.29, 0.717) is 24.4 Å². The van der Waals surface area contributed by atoms with Crippen molar-refractivity contribution in [2.24, 2.45) is 0 Å². The molecule has 152 valence electrons. The highest BCUT2D eigenvalue weighted by Gasteiger charge is 2.21. The molecule has 0 spiro atoms. The van der Waals surface area contributed by atoms with Crippen molar-refractivity contribution < 1.29 is 9.32 Å². The Bertz CT molecular complexity index is 1040. The number of aromatic nitrogens is 3. The lowest BCUT2D eigenvalue weighted by atomic mass is 10.1. The van der Waals surface area contributed by atoms with E-state index in [4.69, 9.17) is 9.51 Å². The van der Waals surface area contributed by atoms with Crippen LogP contribution in [0.1, 0.15) is 42.8 Å². The molecule has 8 heteroatoms. The van der Waals surface area contributed by atoms with Gasteiger partial charge in [-0.1, -0.05) is 21.1 Å². The largest absolute Gasteiger partial charge is 0.356 e. The van der Waals surface area contributed by atoms with Crippen LogP contribution in [0, 0.1) is 13.8 Å². The molecule has 1 aromatic carbocycles. The molecule has 0 radical (unpaired) electrons. The normalized spacial score (nSPS) is 14.4. The van der Waals surface area contributed by atoms with Gasteiger partial charge < -0.3 is 14.7 Å². The summed E-state index contributed by atoms with van der Waals surface area (Å²) < 4.78 is 6.43. The van der Waals surface area contributed by atoms with Gasteiger partial charge in [-0.25, -0.2) is 4.98 Å². The number of rotatable bonds is 5. The van der Waals surface area contributed by atoms with Gasteiger partial charge in [0.15, 0.2) is 0 Å². The van der Waals surface area contributed by atoms with E-state index in [2.05, 4.69) is 36.3 Å². The van der Waals surface area contributed by atoms with Gasteiger partial charge in [-0.3, -0.25) is 4.79 Å². The SMILES string of the molecule is Cc1cc(NC(=O)CCc2nc(N3CCCCC3)c3c(C)noc3n2)ccc1Br. The van der Waals surface area contributed by atoms with Gasteiger partial charge in [0.2, 0.25) is 5.91 Å². The smallest absolute Gasteiger partial charge is 0.263 e. The second-order valence-electron chi connectivity index (χ2n) is 7.47. The first kappa shape index (κ1) is 19.8. The zero-order chi connectivity index (χ0) is 20.4. The predicted molar refractivity (Wildman–Crippen MR) is 116 cm³/mol. The van der Waals surface area contributed by atoms with Crippen LogP contribution in [-0.4, -0.2) is 34.1 Å². The third kappa shape index (κ3) is 4.42. The third-order valence-electron chi connectivity index (χ3n) is 5.21. The van der Waals surface area contributed by atoms with Crippen LogP contribution < -0.4 is 10.2 Å². The molecule has 0 unspecified atom stereocenters. The summed E-state index contributed by atoms with van der Waals surface area (Å²) in [6.07, 6.45) is 4.29. The van der Waals surface area contributed by atoms with Crippen LogP contribution in [-0.2, 0) is 11.2 Å². The summed E-state index contributed by atoms with van der Waals surface area (Å²) in [5, 5.41) is 7.89. The third-order valence-corrected chi connectivity index (χ3v) is 6.10. The molecule has 3 aromatic rings. The molecule has 4 rings (SSSR count). The summed E-state index contributed by atoms with van der Waals surface area (Å²) in [6.45, 7) is 5.85. The van der Waals surface area contributed by atoms with Crippen LogP contribution in [0.15, 0.2) is 27.2 Å². The van der Waals surface area contributed by atoms with Crippen molar-refractivity contribution in [3.05, 3.63) is 39.8 Å². The zero-order valence-electron chi connectivity index (χ0n) is 16.7. The topological polar surface area (TPSA) is 84.2 Å².